The van der Waals surface area contributed by atoms with Crippen molar-refractivity contribution < 1.29 is 4.79 Å². The Hall–Kier alpha value is -3.33. The summed E-state index contributed by atoms with van der Waals surface area (Å²) in [5, 5.41) is 7.75. The highest BCUT2D eigenvalue weighted by Gasteiger charge is 2.44. The van der Waals surface area contributed by atoms with E-state index in [4.69, 9.17) is 28.2 Å². The first kappa shape index (κ1) is 25.0. The zero-order valence-electron chi connectivity index (χ0n) is 21.1. The second kappa shape index (κ2) is 10.4. The van der Waals surface area contributed by atoms with Gasteiger partial charge in [0, 0.05) is 67.5 Å². The first-order chi connectivity index (χ1) is 18.4. The van der Waals surface area contributed by atoms with E-state index in [2.05, 4.69) is 32.5 Å². The Kier molecular flexibility index (Phi) is 6.86. The number of likely N-dealkylation sites (N-methyl/N-ethyl adjacent to an activating group) is 1. The Morgan fingerprint density at radius 2 is 1.89 bits per heavy atom. The van der Waals surface area contributed by atoms with Crippen molar-refractivity contribution in [2.45, 2.75) is 18.9 Å². The highest BCUT2D eigenvalue weighted by molar-refractivity contribution is 6.31. The number of piperazine rings is 1. The van der Waals surface area contributed by atoms with Gasteiger partial charge in [-0.25, -0.2) is 9.97 Å². The molecule has 1 aromatic carbocycles. The number of pyridine rings is 2. The minimum absolute atomic E-state index is 0.0201. The van der Waals surface area contributed by atoms with Crippen LogP contribution in [0.25, 0.3) is 5.65 Å². The predicted molar refractivity (Wildman–Crippen MR) is 152 cm³/mol. The highest BCUT2D eigenvalue weighted by Crippen LogP contribution is 2.48. The molecule has 0 bridgehead atoms. The molecular weight excluding hydrogens is 521 g/mol. The van der Waals surface area contributed by atoms with Gasteiger partial charge in [0.15, 0.2) is 5.65 Å². The van der Waals surface area contributed by atoms with Crippen LogP contribution in [-0.4, -0.2) is 58.4 Å². The zero-order valence-corrected chi connectivity index (χ0v) is 22.6. The van der Waals surface area contributed by atoms with Crippen LogP contribution in [0.4, 0.5) is 17.2 Å². The van der Waals surface area contributed by atoms with Crippen molar-refractivity contribution in [3.05, 3.63) is 82.4 Å². The minimum Gasteiger partial charge on any atom is -0.379 e. The number of imidazole rings is 1. The Morgan fingerprint density at radius 1 is 1.05 bits per heavy atom. The van der Waals surface area contributed by atoms with Crippen LogP contribution in [0.5, 0.6) is 0 Å². The second-order valence-electron chi connectivity index (χ2n) is 10.1. The van der Waals surface area contributed by atoms with Gasteiger partial charge in [0.1, 0.15) is 5.82 Å². The summed E-state index contributed by atoms with van der Waals surface area (Å²) in [6.45, 7) is 4.43. The Balaban J connectivity index is 1.10. The Labute approximate surface area is 231 Å². The molecule has 0 spiro atoms. The molecule has 1 saturated heterocycles. The van der Waals surface area contributed by atoms with Crippen molar-refractivity contribution in [2.24, 2.45) is 5.92 Å². The van der Waals surface area contributed by atoms with Gasteiger partial charge < -0.3 is 24.8 Å². The molecule has 1 aliphatic heterocycles. The third-order valence-electron chi connectivity index (χ3n) is 7.28. The summed E-state index contributed by atoms with van der Waals surface area (Å²) in [7, 11) is 2.14. The number of nitrogens with zero attached hydrogens (tertiary/aromatic N) is 5. The maximum atomic E-state index is 12.8. The number of aromatic nitrogens is 3. The monoisotopic (exact) mass is 549 g/mol. The molecule has 8 nitrogen and oxygen atoms in total. The molecule has 0 radical (unpaired) electrons. The number of fused-ring (bicyclic) bond motifs is 1. The molecule has 2 aliphatic rings. The van der Waals surface area contributed by atoms with Crippen molar-refractivity contribution in [1.82, 2.24) is 19.3 Å². The third kappa shape index (κ3) is 5.43. The number of nitrogens with one attached hydrogen (secondary N) is 2. The fraction of sp³-hybridized carbons (Fsp3) is 0.321. The summed E-state index contributed by atoms with van der Waals surface area (Å²) in [5.41, 5.74) is 4.81. The molecule has 196 valence electrons. The molecule has 4 aromatic rings. The van der Waals surface area contributed by atoms with Gasteiger partial charge in [-0.05, 0) is 49.2 Å². The maximum absolute atomic E-state index is 12.8. The van der Waals surface area contributed by atoms with E-state index in [1.54, 1.807) is 6.20 Å². The second-order valence-corrected chi connectivity index (χ2v) is 10.9. The smallest absolute Gasteiger partial charge is 0.229 e. The average Bonchev–Trinajstić information content (AvgIpc) is 3.61. The number of carbonyl (C=O) groups excluding carboxylic acids is 1. The Morgan fingerprint density at radius 3 is 2.71 bits per heavy atom. The number of halogens is 2. The van der Waals surface area contributed by atoms with Crippen LogP contribution >= 0.6 is 23.2 Å². The minimum atomic E-state index is -0.0637. The van der Waals surface area contributed by atoms with Gasteiger partial charge in [-0.2, -0.15) is 0 Å². The standard InChI is InChI=1S/C28H29Cl2N7O/c1-35-7-9-36(10-8-35)25-12-20(30)16-37-17-22(33-27(25)37)15-32-21-5-6-31-26(13-21)34-28(38)24-14-23(24)18-3-2-4-19(29)11-18/h2-6,11-13,16-17,23-24H,7-10,14-15H2,1H3,(H2,31,32,34,38). The molecule has 10 heteroatoms. The Bertz CT molecular complexity index is 1480. The van der Waals surface area contributed by atoms with Gasteiger partial charge in [0.05, 0.1) is 22.9 Å². The largest absolute Gasteiger partial charge is 0.379 e. The van der Waals surface area contributed by atoms with Crippen molar-refractivity contribution in [2.75, 3.05) is 48.8 Å². The summed E-state index contributed by atoms with van der Waals surface area (Å²) >= 11 is 12.6. The van der Waals surface area contributed by atoms with Crippen molar-refractivity contribution in [1.29, 1.82) is 0 Å². The van der Waals surface area contributed by atoms with Gasteiger partial charge >= 0.3 is 0 Å². The summed E-state index contributed by atoms with van der Waals surface area (Å²) in [5.74, 6) is 0.643. The number of rotatable bonds is 7. The molecule has 3 aromatic heterocycles. The van der Waals surface area contributed by atoms with Crippen LogP contribution in [0.15, 0.2) is 61.1 Å². The summed E-state index contributed by atoms with van der Waals surface area (Å²) in [4.78, 5) is 26.7. The SMILES string of the molecule is CN1CCN(c2cc(Cl)cn3cc(CNc4ccnc(NC(=O)C5CC5c5cccc(Cl)c5)c4)nc23)CC1. The highest BCUT2D eigenvalue weighted by atomic mass is 35.5. The maximum Gasteiger partial charge on any atom is 0.229 e. The van der Waals surface area contributed by atoms with E-state index in [-0.39, 0.29) is 17.7 Å². The average molecular weight is 550 g/mol. The molecule has 1 saturated carbocycles. The molecule has 6 rings (SSSR count). The fourth-order valence-electron chi connectivity index (χ4n) is 5.07. The number of benzene rings is 1. The first-order valence-electron chi connectivity index (χ1n) is 12.8. The van der Waals surface area contributed by atoms with Crippen molar-refractivity contribution >= 4 is 51.9 Å². The lowest BCUT2D eigenvalue weighted by molar-refractivity contribution is -0.117. The normalized spacial score (nSPS) is 19.5. The number of amides is 1. The zero-order chi connectivity index (χ0) is 26.2. The van der Waals surface area contributed by atoms with Crippen LogP contribution in [0.2, 0.25) is 10.0 Å². The topological polar surface area (TPSA) is 77.8 Å². The van der Waals surface area contributed by atoms with Crippen LogP contribution in [0, 0.1) is 5.92 Å². The molecular formula is C28H29Cl2N7O. The summed E-state index contributed by atoms with van der Waals surface area (Å²) < 4.78 is 2.00. The van der Waals surface area contributed by atoms with E-state index < -0.39 is 0 Å². The molecule has 1 amide bonds. The van der Waals surface area contributed by atoms with E-state index in [0.29, 0.717) is 22.4 Å². The van der Waals surface area contributed by atoms with E-state index in [0.717, 1.165) is 60.9 Å². The van der Waals surface area contributed by atoms with Gasteiger partial charge in [-0.15, -0.1) is 0 Å². The number of carbonyl (C=O) groups is 1. The lowest BCUT2D eigenvalue weighted by Gasteiger charge is -2.34. The molecule has 4 heterocycles. The van der Waals surface area contributed by atoms with Crippen LogP contribution < -0.4 is 15.5 Å². The number of anilines is 3. The van der Waals surface area contributed by atoms with Crippen LogP contribution in [-0.2, 0) is 11.3 Å². The quantitative estimate of drug-likeness (QED) is 0.332. The molecule has 38 heavy (non-hydrogen) atoms. The summed E-state index contributed by atoms with van der Waals surface area (Å²) in [6, 6.07) is 13.4. The van der Waals surface area contributed by atoms with Gasteiger partial charge in [-0.1, -0.05) is 35.3 Å². The predicted octanol–water partition coefficient (Wildman–Crippen LogP) is 5.14. The molecule has 2 atom stereocenters. The number of hydrogen-bond acceptors (Lipinski definition) is 6. The van der Waals surface area contributed by atoms with E-state index >= 15 is 0 Å². The third-order valence-corrected chi connectivity index (χ3v) is 7.72. The summed E-state index contributed by atoms with van der Waals surface area (Å²) in [6.07, 6.45) is 6.40. The fourth-order valence-corrected chi connectivity index (χ4v) is 5.48. The van der Waals surface area contributed by atoms with Gasteiger partial charge in [0.2, 0.25) is 5.91 Å². The first-order valence-corrected chi connectivity index (χ1v) is 13.6. The molecule has 2 N–H and O–H groups in total. The van der Waals surface area contributed by atoms with Crippen molar-refractivity contribution in [3.8, 4) is 0 Å². The van der Waals surface area contributed by atoms with Gasteiger partial charge in [-0.3, -0.25) is 4.79 Å². The van der Waals surface area contributed by atoms with Crippen LogP contribution in [0.1, 0.15) is 23.6 Å². The van der Waals surface area contributed by atoms with E-state index in [9.17, 15) is 4.79 Å². The lowest BCUT2D eigenvalue weighted by atomic mass is 10.1. The molecule has 1 aliphatic carbocycles. The van der Waals surface area contributed by atoms with E-state index in [1.165, 1.54) is 0 Å². The molecule has 2 fully saturated rings. The lowest BCUT2D eigenvalue weighted by Crippen LogP contribution is -2.44. The van der Waals surface area contributed by atoms with Crippen molar-refractivity contribution in [3.63, 3.8) is 0 Å². The number of hydrogen-bond donors (Lipinski definition) is 2. The van der Waals surface area contributed by atoms with Gasteiger partial charge in [0.25, 0.3) is 0 Å². The van der Waals surface area contributed by atoms with E-state index in [1.807, 2.05) is 59.3 Å². The molecule has 2 unspecified atom stereocenters. The van der Waals surface area contributed by atoms with Crippen LogP contribution in [0.3, 0.4) is 0 Å².